The van der Waals surface area contributed by atoms with Crippen molar-refractivity contribution in [3.63, 3.8) is 0 Å². The Bertz CT molecular complexity index is 739. The Hall–Kier alpha value is -2.35. The average molecular weight is 264 g/mol. The van der Waals surface area contributed by atoms with Gasteiger partial charge < -0.3 is 4.74 Å². The Morgan fingerprint density at radius 3 is 2.45 bits per heavy atom. The molecule has 0 atom stereocenters. The average Bonchev–Trinajstić information content (AvgIpc) is 2.72. The molecular weight excluding hydrogens is 248 g/mol. The molecule has 0 fully saturated rings. The minimum atomic E-state index is -0.274. The van der Waals surface area contributed by atoms with Crippen LogP contribution in [0.25, 0.3) is 11.6 Å². The monoisotopic (exact) mass is 264 g/mol. The third kappa shape index (κ3) is 2.03. The zero-order valence-corrected chi connectivity index (χ0v) is 11.9. The van der Waals surface area contributed by atoms with Crippen LogP contribution in [-0.4, -0.2) is 5.97 Å². The van der Waals surface area contributed by atoms with Crippen molar-refractivity contribution in [2.75, 3.05) is 0 Å². The van der Waals surface area contributed by atoms with Crippen LogP contribution in [0.3, 0.4) is 0 Å². The van der Waals surface area contributed by atoms with E-state index in [4.69, 9.17) is 4.74 Å². The van der Waals surface area contributed by atoms with Crippen molar-refractivity contribution in [2.45, 2.75) is 20.8 Å². The van der Waals surface area contributed by atoms with Crippen LogP contribution in [0.1, 0.15) is 27.8 Å². The highest BCUT2D eigenvalue weighted by molar-refractivity contribution is 6.26. The van der Waals surface area contributed by atoms with Crippen molar-refractivity contribution in [1.29, 1.82) is 0 Å². The third-order valence-electron chi connectivity index (χ3n) is 3.78. The van der Waals surface area contributed by atoms with Gasteiger partial charge in [0.1, 0.15) is 5.75 Å². The van der Waals surface area contributed by atoms with E-state index in [2.05, 4.69) is 32.9 Å². The Labute approximate surface area is 118 Å². The molecule has 0 saturated carbocycles. The molecule has 0 aliphatic carbocycles. The van der Waals surface area contributed by atoms with E-state index in [0.29, 0.717) is 11.3 Å². The van der Waals surface area contributed by atoms with Gasteiger partial charge in [0.25, 0.3) is 0 Å². The molecule has 0 spiro atoms. The molecule has 0 aromatic heterocycles. The summed E-state index contributed by atoms with van der Waals surface area (Å²) in [6.45, 7) is 6.24. The summed E-state index contributed by atoms with van der Waals surface area (Å²) >= 11 is 0. The maximum Gasteiger partial charge on any atom is 0.344 e. The first kappa shape index (κ1) is 12.7. The van der Waals surface area contributed by atoms with Gasteiger partial charge in [-0.2, -0.15) is 0 Å². The minimum absolute atomic E-state index is 0.274. The zero-order chi connectivity index (χ0) is 14.3. The number of carbonyl (C=O) groups is 1. The summed E-state index contributed by atoms with van der Waals surface area (Å²) in [6, 6.07) is 11.8. The number of carbonyl (C=O) groups excluding carboxylic acids is 1. The first-order chi connectivity index (χ1) is 9.56. The maximum absolute atomic E-state index is 12.0. The van der Waals surface area contributed by atoms with E-state index in [1.807, 2.05) is 30.3 Å². The van der Waals surface area contributed by atoms with Crippen molar-refractivity contribution in [3.05, 3.63) is 64.2 Å². The van der Waals surface area contributed by atoms with E-state index < -0.39 is 0 Å². The molecule has 20 heavy (non-hydrogen) atoms. The molecule has 0 radical (unpaired) electrons. The van der Waals surface area contributed by atoms with Crippen molar-refractivity contribution >= 4 is 17.6 Å². The quantitative estimate of drug-likeness (QED) is 0.441. The zero-order valence-electron chi connectivity index (χ0n) is 11.9. The smallest absolute Gasteiger partial charge is 0.344 e. The van der Waals surface area contributed by atoms with Gasteiger partial charge in [-0.1, -0.05) is 30.3 Å². The number of esters is 1. The van der Waals surface area contributed by atoms with Crippen LogP contribution in [0.15, 0.2) is 36.4 Å². The second kappa shape index (κ2) is 4.64. The summed E-state index contributed by atoms with van der Waals surface area (Å²) in [5.74, 6) is 0.370. The number of hydrogen-bond donors (Lipinski definition) is 0. The normalized spacial score (nSPS) is 15.3. The topological polar surface area (TPSA) is 26.3 Å². The summed E-state index contributed by atoms with van der Waals surface area (Å²) < 4.78 is 5.28. The molecule has 100 valence electrons. The molecule has 2 heteroatoms. The molecule has 2 nitrogen and oxygen atoms in total. The largest absolute Gasteiger partial charge is 0.422 e. The SMILES string of the molecule is Cc1cc(C)c(/C=C2\C(=O)Oc3ccccc32)cc1C. The third-order valence-corrected chi connectivity index (χ3v) is 3.78. The fourth-order valence-corrected chi connectivity index (χ4v) is 2.47. The Morgan fingerprint density at radius 2 is 1.65 bits per heavy atom. The van der Waals surface area contributed by atoms with E-state index in [9.17, 15) is 4.79 Å². The minimum Gasteiger partial charge on any atom is -0.422 e. The van der Waals surface area contributed by atoms with E-state index >= 15 is 0 Å². The molecule has 0 bridgehead atoms. The van der Waals surface area contributed by atoms with Crippen LogP contribution < -0.4 is 4.74 Å². The Morgan fingerprint density at radius 1 is 0.950 bits per heavy atom. The molecule has 0 unspecified atom stereocenters. The van der Waals surface area contributed by atoms with E-state index in [0.717, 1.165) is 16.7 Å². The molecule has 0 amide bonds. The van der Waals surface area contributed by atoms with Gasteiger partial charge in [0.2, 0.25) is 0 Å². The van der Waals surface area contributed by atoms with Crippen molar-refractivity contribution in [3.8, 4) is 5.75 Å². The molecule has 2 aromatic rings. The van der Waals surface area contributed by atoms with Gasteiger partial charge in [-0.25, -0.2) is 4.79 Å². The first-order valence-corrected chi connectivity index (χ1v) is 6.67. The Balaban J connectivity index is 2.14. The van der Waals surface area contributed by atoms with E-state index in [-0.39, 0.29) is 5.97 Å². The lowest BCUT2D eigenvalue weighted by Crippen LogP contribution is -2.00. The summed E-state index contributed by atoms with van der Waals surface area (Å²) in [6.07, 6.45) is 1.93. The molecular formula is C18H16O2. The molecule has 2 aromatic carbocycles. The van der Waals surface area contributed by atoms with Crippen LogP contribution in [0.4, 0.5) is 0 Å². The van der Waals surface area contributed by atoms with Gasteiger partial charge in [-0.05, 0) is 55.2 Å². The van der Waals surface area contributed by atoms with Crippen molar-refractivity contribution in [2.24, 2.45) is 0 Å². The van der Waals surface area contributed by atoms with Gasteiger partial charge >= 0.3 is 5.97 Å². The summed E-state index contributed by atoms with van der Waals surface area (Å²) in [7, 11) is 0. The van der Waals surface area contributed by atoms with Crippen LogP contribution in [0.5, 0.6) is 5.75 Å². The van der Waals surface area contributed by atoms with Gasteiger partial charge in [0.15, 0.2) is 0 Å². The van der Waals surface area contributed by atoms with Crippen LogP contribution in [0, 0.1) is 20.8 Å². The molecule has 1 heterocycles. The van der Waals surface area contributed by atoms with Crippen molar-refractivity contribution in [1.82, 2.24) is 0 Å². The number of fused-ring (bicyclic) bond motifs is 1. The maximum atomic E-state index is 12.0. The highest BCUT2D eigenvalue weighted by atomic mass is 16.5. The molecule has 0 N–H and O–H groups in total. The number of aryl methyl sites for hydroxylation is 3. The number of hydrogen-bond acceptors (Lipinski definition) is 2. The van der Waals surface area contributed by atoms with Crippen molar-refractivity contribution < 1.29 is 9.53 Å². The molecule has 0 saturated heterocycles. The fraction of sp³-hybridized carbons (Fsp3) is 0.167. The number of benzene rings is 2. The predicted octanol–water partition coefficient (Wildman–Crippen LogP) is 4.07. The van der Waals surface area contributed by atoms with Gasteiger partial charge in [0, 0.05) is 5.56 Å². The lowest BCUT2D eigenvalue weighted by molar-refractivity contribution is -0.126. The lowest BCUT2D eigenvalue weighted by atomic mass is 9.97. The van der Waals surface area contributed by atoms with Gasteiger partial charge in [-0.15, -0.1) is 0 Å². The van der Waals surface area contributed by atoms with Crippen LogP contribution >= 0.6 is 0 Å². The number of ether oxygens (including phenoxy) is 1. The van der Waals surface area contributed by atoms with Crippen LogP contribution in [-0.2, 0) is 4.79 Å². The van der Waals surface area contributed by atoms with E-state index in [1.165, 1.54) is 11.1 Å². The summed E-state index contributed by atoms with van der Waals surface area (Å²) in [4.78, 5) is 12.0. The number of para-hydroxylation sites is 1. The predicted molar refractivity (Wildman–Crippen MR) is 80.6 cm³/mol. The Kier molecular flexibility index (Phi) is 2.94. The highest BCUT2D eigenvalue weighted by Crippen LogP contribution is 2.35. The first-order valence-electron chi connectivity index (χ1n) is 6.67. The van der Waals surface area contributed by atoms with Crippen LogP contribution in [0.2, 0.25) is 0 Å². The fourth-order valence-electron chi connectivity index (χ4n) is 2.47. The summed E-state index contributed by atoms with van der Waals surface area (Å²) in [5.41, 5.74) is 6.22. The molecule has 3 rings (SSSR count). The second-order valence-corrected chi connectivity index (χ2v) is 5.24. The van der Waals surface area contributed by atoms with E-state index in [1.54, 1.807) is 0 Å². The van der Waals surface area contributed by atoms with Gasteiger partial charge in [-0.3, -0.25) is 0 Å². The highest BCUT2D eigenvalue weighted by Gasteiger charge is 2.26. The molecule has 1 aliphatic heterocycles. The second-order valence-electron chi connectivity index (χ2n) is 5.24. The molecule has 1 aliphatic rings. The lowest BCUT2D eigenvalue weighted by Gasteiger charge is -2.07. The van der Waals surface area contributed by atoms with Gasteiger partial charge in [0.05, 0.1) is 5.57 Å². The summed E-state index contributed by atoms with van der Waals surface area (Å²) in [5, 5.41) is 0. The standard InChI is InChI=1S/C18H16O2/c1-11-8-13(3)14(9-12(11)2)10-16-15-6-4-5-7-17(15)20-18(16)19/h4-10H,1-3H3/b16-10-. The number of rotatable bonds is 1.